The Morgan fingerprint density at radius 3 is 2.82 bits per heavy atom. The van der Waals surface area contributed by atoms with Gasteiger partial charge in [0.25, 0.3) is 0 Å². The second-order valence-electron chi connectivity index (χ2n) is 6.28. The van der Waals surface area contributed by atoms with Crippen LogP contribution < -0.4 is 5.32 Å². The van der Waals surface area contributed by atoms with Crippen molar-refractivity contribution < 1.29 is 4.79 Å². The van der Waals surface area contributed by atoms with Crippen LogP contribution in [0.25, 0.3) is 15.9 Å². The average molecular weight is 410 g/mol. The van der Waals surface area contributed by atoms with Crippen LogP contribution in [0.4, 0.5) is 0 Å². The van der Waals surface area contributed by atoms with Crippen molar-refractivity contribution in [1.29, 1.82) is 0 Å². The lowest BCUT2D eigenvalue weighted by Crippen LogP contribution is -2.25. The van der Waals surface area contributed by atoms with Crippen molar-refractivity contribution in [2.24, 2.45) is 0 Å². The minimum absolute atomic E-state index is 0.0294. The van der Waals surface area contributed by atoms with Crippen LogP contribution in [0.3, 0.4) is 0 Å². The number of thioether (sulfide) groups is 1. The summed E-state index contributed by atoms with van der Waals surface area (Å²) >= 11 is 3.00. The first-order valence-corrected chi connectivity index (χ1v) is 10.7. The van der Waals surface area contributed by atoms with Crippen molar-refractivity contribution in [3.63, 3.8) is 0 Å². The van der Waals surface area contributed by atoms with Gasteiger partial charge in [-0.05, 0) is 37.4 Å². The van der Waals surface area contributed by atoms with E-state index in [0.717, 1.165) is 37.9 Å². The Kier molecular flexibility index (Phi) is 5.40. The third kappa shape index (κ3) is 3.79. The van der Waals surface area contributed by atoms with E-state index in [-0.39, 0.29) is 5.91 Å². The third-order valence-electron chi connectivity index (χ3n) is 4.47. The maximum atomic E-state index is 12.4. The molecule has 142 valence electrons. The first kappa shape index (κ1) is 18.6. The van der Waals surface area contributed by atoms with Crippen LogP contribution in [0.1, 0.15) is 17.0 Å². The monoisotopic (exact) mass is 409 g/mol. The average Bonchev–Trinajstić information content (AvgIpc) is 3.30. The van der Waals surface area contributed by atoms with Gasteiger partial charge in [0.05, 0.1) is 17.1 Å². The van der Waals surface area contributed by atoms with Crippen molar-refractivity contribution in [3.8, 4) is 5.69 Å². The Bertz CT molecular complexity index is 1120. The molecule has 4 aromatic rings. The molecule has 0 radical (unpaired) electrons. The number of hydrogen-bond donors (Lipinski definition) is 1. The SMILES string of the molecule is Cc1nn(-c2ccccc2)c(C)c1CNC(=O)CSc1ncnc2sccc12. The van der Waals surface area contributed by atoms with E-state index in [0.29, 0.717) is 12.3 Å². The van der Waals surface area contributed by atoms with E-state index in [1.165, 1.54) is 11.8 Å². The van der Waals surface area contributed by atoms with Gasteiger partial charge in [-0.1, -0.05) is 30.0 Å². The molecule has 8 heteroatoms. The summed E-state index contributed by atoms with van der Waals surface area (Å²) in [5.74, 6) is 0.283. The van der Waals surface area contributed by atoms with E-state index in [1.54, 1.807) is 17.7 Å². The number of aromatic nitrogens is 4. The lowest BCUT2D eigenvalue weighted by molar-refractivity contribution is -0.118. The zero-order chi connectivity index (χ0) is 19.5. The first-order chi connectivity index (χ1) is 13.6. The van der Waals surface area contributed by atoms with Crippen LogP contribution in [0.5, 0.6) is 0 Å². The van der Waals surface area contributed by atoms with Crippen LogP contribution in [0.15, 0.2) is 53.1 Å². The van der Waals surface area contributed by atoms with E-state index < -0.39 is 0 Å². The second-order valence-corrected chi connectivity index (χ2v) is 8.14. The molecular weight excluding hydrogens is 390 g/mol. The van der Waals surface area contributed by atoms with Gasteiger partial charge in [-0.25, -0.2) is 14.6 Å². The maximum absolute atomic E-state index is 12.4. The van der Waals surface area contributed by atoms with Crippen LogP contribution >= 0.6 is 23.1 Å². The van der Waals surface area contributed by atoms with Gasteiger partial charge in [0.2, 0.25) is 5.91 Å². The lowest BCUT2D eigenvalue weighted by atomic mass is 10.2. The number of nitrogens with one attached hydrogen (secondary N) is 1. The van der Waals surface area contributed by atoms with Gasteiger partial charge in [-0.2, -0.15) is 5.10 Å². The Hall–Kier alpha value is -2.71. The number of aryl methyl sites for hydroxylation is 1. The predicted molar refractivity (Wildman–Crippen MR) is 113 cm³/mol. The van der Waals surface area contributed by atoms with Gasteiger partial charge >= 0.3 is 0 Å². The molecule has 4 rings (SSSR count). The van der Waals surface area contributed by atoms with Crippen molar-refractivity contribution in [2.45, 2.75) is 25.4 Å². The third-order valence-corrected chi connectivity index (χ3v) is 6.30. The molecule has 1 N–H and O–H groups in total. The molecule has 1 amide bonds. The van der Waals surface area contributed by atoms with Crippen molar-refractivity contribution >= 4 is 39.2 Å². The lowest BCUT2D eigenvalue weighted by Gasteiger charge is -2.07. The summed E-state index contributed by atoms with van der Waals surface area (Å²) in [6.07, 6.45) is 1.55. The fraction of sp³-hybridized carbons (Fsp3) is 0.200. The summed E-state index contributed by atoms with van der Waals surface area (Å²) < 4.78 is 1.92. The molecule has 0 aliphatic carbocycles. The molecule has 0 atom stereocenters. The number of thiophene rings is 1. The number of amides is 1. The molecule has 0 bridgehead atoms. The zero-order valence-electron chi connectivity index (χ0n) is 15.5. The van der Waals surface area contributed by atoms with Gasteiger partial charge in [-0.3, -0.25) is 4.79 Å². The number of hydrogen-bond acceptors (Lipinski definition) is 6. The molecule has 0 fully saturated rings. The summed E-state index contributed by atoms with van der Waals surface area (Å²) in [6, 6.07) is 12.0. The van der Waals surface area contributed by atoms with E-state index in [9.17, 15) is 4.79 Å². The summed E-state index contributed by atoms with van der Waals surface area (Å²) in [6.45, 7) is 4.45. The standard InChI is InChI=1S/C20H19N5OS2/c1-13-17(14(2)25(24-13)15-6-4-3-5-7-15)10-21-18(26)11-28-20-16-8-9-27-19(16)22-12-23-20/h3-9,12H,10-11H2,1-2H3,(H,21,26). The highest BCUT2D eigenvalue weighted by atomic mass is 32.2. The van der Waals surface area contributed by atoms with Crippen molar-refractivity contribution in [3.05, 3.63) is 65.1 Å². The number of para-hydroxylation sites is 1. The fourth-order valence-electron chi connectivity index (χ4n) is 3.01. The van der Waals surface area contributed by atoms with Gasteiger partial charge in [-0.15, -0.1) is 11.3 Å². The van der Waals surface area contributed by atoms with E-state index in [1.807, 2.05) is 60.3 Å². The predicted octanol–water partition coefficient (Wildman–Crippen LogP) is 3.90. The molecule has 0 unspecified atom stereocenters. The highest BCUT2D eigenvalue weighted by Gasteiger charge is 2.14. The smallest absolute Gasteiger partial charge is 0.230 e. The normalized spacial score (nSPS) is 11.1. The van der Waals surface area contributed by atoms with Crippen LogP contribution in [0, 0.1) is 13.8 Å². The molecule has 3 aromatic heterocycles. The van der Waals surface area contributed by atoms with Gasteiger partial charge in [0.1, 0.15) is 16.2 Å². The van der Waals surface area contributed by atoms with Crippen LogP contribution in [-0.2, 0) is 11.3 Å². The van der Waals surface area contributed by atoms with Gasteiger partial charge in [0, 0.05) is 23.2 Å². The molecule has 0 spiro atoms. The minimum atomic E-state index is -0.0294. The molecule has 3 heterocycles. The molecule has 1 aromatic carbocycles. The van der Waals surface area contributed by atoms with Gasteiger partial charge < -0.3 is 5.32 Å². The Morgan fingerprint density at radius 1 is 1.18 bits per heavy atom. The Balaban J connectivity index is 1.40. The maximum Gasteiger partial charge on any atom is 0.230 e. The number of rotatable bonds is 6. The Morgan fingerprint density at radius 2 is 2.00 bits per heavy atom. The minimum Gasteiger partial charge on any atom is -0.351 e. The zero-order valence-corrected chi connectivity index (χ0v) is 17.2. The fourth-order valence-corrected chi connectivity index (χ4v) is 4.61. The number of carbonyl (C=O) groups excluding carboxylic acids is 1. The molecule has 0 aliphatic heterocycles. The first-order valence-electron chi connectivity index (χ1n) is 8.81. The number of carbonyl (C=O) groups is 1. The molecule has 0 saturated carbocycles. The summed E-state index contributed by atoms with van der Waals surface area (Å²) in [5, 5.41) is 11.5. The Labute approximate surface area is 171 Å². The molecule has 28 heavy (non-hydrogen) atoms. The molecule has 6 nitrogen and oxygen atoms in total. The van der Waals surface area contributed by atoms with E-state index in [2.05, 4.69) is 20.4 Å². The number of benzene rings is 1. The summed E-state index contributed by atoms with van der Waals surface area (Å²) in [5.41, 5.74) is 4.02. The summed E-state index contributed by atoms with van der Waals surface area (Å²) in [4.78, 5) is 21.8. The quantitative estimate of drug-likeness (QED) is 0.386. The number of nitrogens with zero attached hydrogens (tertiary/aromatic N) is 4. The summed E-state index contributed by atoms with van der Waals surface area (Å²) in [7, 11) is 0. The molecule has 0 aliphatic rings. The second kappa shape index (κ2) is 8.12. The van der Waals surface area contributed by atoms with E-state index in [4.69, 9.17) is 0 Å². The highest BCUT2D eigenvalue weighted by molar-refractivity contribution is 8.00. The molecular formula is C20H19N5OS2. The van der Waals surface area contributed by atoms with E-state index >= 15 is 0 Å². The topological polar surface area (TPSA) is 72.7 Å². The van der Waals surface area contributed by atoms with Crippen LogP contribution in [-0.4, -0.2) is 31.4 Å². The largest absolute Gasteiger partial charge is 0.351 e. The number of fused-ring (bicyclic) bond motifs is 1. The van der Waals surface area contributed by atoms with Crippen molar-refractivity contribution in [2.75, 3.05) is 5.75 Å². The van der Waals surface area contributed by atoms with Gasteiger partial charge in [0.15, 0.2) is 0 Å². The molecule has 0 saturated heterocycles. The van der Waals surface area contributed by atoms with Crippen LogP contribution in [0.2, 0.25) is 0 Å². The van der Waals surface area contributed by atoms with Crippen molar-refractivity contribution in [1.82, 2.24) is 25.1 Å². The highest BCUT2D eigenvalue weighted by Crippen LogP contribution is 2.27.